The lowest BCUT2D eigenvalue weighted by Gasteiger charge is -2.33. The van der Waals surface area contributed by atoms with Gasteiger partial charge in [-0.3, -0.25) is 0 Å². The van der Waals surface area contributed by atoms with Crippen molar-refractivity contribution in [1.82, 2.24) is 13.9 Å². The molecular weight excluding hydrogens is 286 g/mol. The molecule has 0 radical (unpaired) electrons. The van der Waals surface area contributed by atoms with Crippen LogP contribution < -0.4 is 5.32 Å². The van der Waals surface area contributed by atoms with E-state index in [1.807, 2.05) is 18.2 Å². The highest BCUT2D eigenvalue weighted by Gasteiger charge is 2.38. The smallest absolute Gasteiger partial charge is 0.282 e. The third-order valence-corrected chi connectivity index (χ3v) is 6.43. The molecule has 1 aromatic rings. The lowest BCUT2D eigenvalue weighted by atomic mass is 10.1. The van der Waals surface area contributed by atoms with Crippen LogP contribution in [0.25, 0.3) is 0 Å². The molecular formula is C15H23N3O2S. The van der Waals surface area contributed by atoms with Gasteiger partial charge in [0, 0.05) is 38.8 Å². The van der Waals surface area contributed by atoms with Gasteiger partial charge in [-0.2, -0.15) is 17.0 Å². The van der Waals surface area contributed by atoms with E-state index >= 15 is 0 Å². The lowest BCUT2D eigenvalue weighted by Crippen LogP contribution is -2.53. The summed E-state index contributed by atoms with van der Waals surface area (Å²) in [6.45, 7) is 3.31. The van der Waals surface area contributed by atoms with Crippen molar-refractivity contribution < 1.29 is 8.42 Å². The molecule has 2 aliphatic rings. The van der Waals surface area contributed by atoms with Crippen molar-refractivity contribution in [2.45, 2.75) is 25.3 Å². The molecule has 1 N–H and O–H groups in total. The Morgan fingerprint density at radius 3 is 2.52 bits per heavy atom. The normalized spacial score (nSPS) is 25.2. The van der Waals surface area contributed by atoms with Gasteiger partial charge in [-0.15, -0.1) is 0 Å². The molecule has 0 amide bonds. The van der Waals surface area contributed by atoms with Gasteiger partial charge in [0.05, 0.1) is 0 Å². The van der Waals surface area contributed by atoms with Crippen LogP contribution in [0.4, 0.5) is 0 Å². The summed E-state index contributed by atoms with van der Waals surface area (Å²) in [4.78, 5) is 0. The van der Waals surface area contributed by atoms with Crippen molar-refractivity contribution >= 4 is 10.2 Å². The van der Waals surface area contributed by atoms with E-state index in [4.69, 9.17) is 0 Å². The van der Waals surface area contributed by atoms with Crippen LogP contribution in [0, 0.1) is 0 Å². The van der Waals surface area contributed by atoms with Gasteiger partial charge >= 0.3 is 0 Å². The summed E-state index contributed by atoms with van der Waals surface area (Å²) in [6, 6.07) is 10.3. The minimum atomic E-state index is -3.30. The second-order valence-corrected chi connectivity index (χ2v) is 7.63. The fourth-order valence-corrected chi connectivity index (χ4v) is 5.08. The van der Waals surface area contributed by atoms with Crippen LogP contribution in [0.5, 0.6) is 0 Å². The molecule has 1 aromatic carbocycles. The van der Waals surface area contributed by atoms with E-state index in [2.05, 4.69) is 17.4 Å². The maximum Gasteiger partial charge on any atom is 0.282 e. The van der Waals surface area contributed by atoms with Crippen LogP contribution in [0.2, 0.25) is 0 Å². The molecule has 1 atom stereocenters. The summed E-state index contributed by atoms with van der Waals surface area (Å²) in [5.41, 5.74) is 1.21. The largest absolute Gasteiger partial charge is 0.314 e. The van der Waals surface area contributed by atoms with Gasteiger partial charge in [0.1, 0.15) is 0 Å². The van der Waals surface area contributed by atoms with Crippen LogP contribution in [-0.4, -0.2) is 55.8 Å². The molecule has 5 nitrogen and oxygen atoms in total. The van der Waals surface area contributed by atoms with Crippen molar-refractivity contribution in [1.29, 1.82) is 0 Å². The van der Waals surface area contributed by atoms with Crippen molar-refractivity contribution in [2.75, 3.05) is 32.7 Å². The highest BCUT2D eigenvalue weighted by Crippen LogP contribution is 2.26. The number of hydrogen-bond donors (Lipinski definition) is 1. The zero-order chi connectivity index (χ0) is 14.7. The van der Waals surface area contributed by atoms with Gasteiger partial charge < -0.3 is 5.32 Å². The van der Waals surface area contributed by atoms with E-state index in [0.717, 1.165) is 32.4 Å². The van der Waals surface area contributed by atoms with E-state index in [0.29, 0.717) is 19.6 Å². The number of hydrogen-bond acceptors (Lipinski definition) is 3. The van der Waals surface area contributed by atoms with E-state index in [1.54, 1.807) is 8.61 Å². The fourth-order valence-electron chi connectivity index (χ4n) is 3.23. The average molecular weight is 309 g/mol. The van der Waals surface area contributed by atoms with E-state index < -0.39 is 10.2 Å². The van der Waals surface area contributed by atoms with Crippen molar-refractivity contribution in [2.24, 2.45) is 0 Å². The van der Waals surface area contributed by atoms with Gasteiger partial charge in [-0.05, 0) is 24.8 Å². The highest BCUT2D eigenvalue weighted by atomic mass is 32.2. The fraction of sp³-hybridized carbons (Fsp3) is 0.600. The first kappa shape index (κ1) is 15.0. The Labute approximate surface area is 127 Å². The molecule has 0 aromatic heterocycles. The Morgan fingerprint density at radius 1 is 1.10 bits per heavy atom. The molecule has 6 heteroatoms. The maximum absolute atomic E-state index is 12.8. The molecule has 2 heterocycles. The number of piperazine rings is 1. The molecule has 3 rings (SSSR count). The third-order valence-electron chi connectivity index (χ3n) is 4.34. The van der Waals surface area contributed by atoms with E-state index in [1.165, 1.54) is 5.56 Å². The summed E-state index contributed by atoms with van der Waals surface area (Å²) < 4.78 is 29.0. The maximum atomic E-state index is 12.8. The molecule has 1 unspecified atom stereocenters. The van der Waals surface area contributed by atoms with Crippen molar-refractivity contribution in [3.8, 4) is 0 Å². The van der Waals surface area contributed by atoms with Gasteiger partial charge in [0.15, 0.2) is 0 Å². The molecule has 0 spiro atoms. The van der Waals surface area contributed by atoms with Gasteiger partial charge in [0.25, 0.3) is 10.2 Å². The predicted molar refractivity (Wildman–Crippen MR) is 83.2 cm³/mol. The molecule has 2 aliphatic heterocycles. The topological polar surface area (TPSA) is 52.7 Å². The molecule has 2 saturated heterocycles. The standard InChI is InChI=1S/C15H23N3O2S/c19-21(20,17-11-8-16-9-12-17)18-10-4-7-15(18)13-14-5-2-1-3-6-14/h1-3,5-6,15-16H,4,7-13H2. The van der Waals surface area contributed by atoms with E-state index in [9.17, 15) is 8.42 Å². The highest BCUT2D eigenvalue weighted by molar-refractivity contribution is 7.86. The quantitative estimate of drug-likeness (QED) is 0.897. The van der Waals surface area contributed by atoms with E-state index in [-0.39, 0.29) is 6.04 Å². The first-order valence-corrected chi connectivity index (χ1v) is 9.09. The Morgan fingerprint density at radius 2 is 1.81 bits per heavy atom. The Hall–Kier alpha value is -0.950. The number of nitrogens with one attached hydrogen (secondary N) is 1. The summed E-state index contributed by atoms with van der Waals surface area (Å²) >= 11 is 0. The van der Waals surface area contributed by atoms with Crippen LogP contribution in [0.15, 0.2) is 30.3 Å². The third kappa shape index (κ3) is 3.29. The van der Waals surface area contributed by atoms with Gasteiger partial charge in [-0.1, -0.05) is 30.3 Å². The summed E-state index contributed by atoms with van der Waals surface area (Å²) in [5, 5.41) is 3.20. The Bertz CT molecular complexity index is 556. The van der Waals surface area contributed by atoms with Crippen LogP contribution in [-0.2, 0) is 16.6 Å². The Balaban J connectivity index is 1.73. The van der Waals surface area contributed by atoms with Crippen molar-refractivity contribution in [3.05, 3.63) is 35.9 Å². The molecule has 116 valence electrons. The zero-order valence-electron chi connectivity index (χ0n) is 12.2. The molecule has 0 saturated carbocycles. The number of rotatable bonds is 4. The summed E-state index contributed by atoms with van der Waals surface area (Å²) in [6.07, 6.45) is 2.73. The van der Waals surface area contributed by atoms with Crippen LogP contribution in [0.3, 0.4) is 0 Å². The predicted octanol–water partition coefficient (Wildman–Crippen LogP) is 0.844. The van der Waals surface area contributed by atoms with Crippen LogP contribution in [0.1, 0.15) is 18.4 Å². The minimum absolute atomic E-state index is 0.104. The summed E-state index contributed by atoms with van der Waals surface area (Å²) in [5.74, 6) is 0. The van der Waals surface area contributed by atoms with Gasteiger partial charge in [0.2, 0.25) is 0 Å². The molecule has 0 aliphatic carbocycles. The molecule has 0 bridgehead atoms. The summed E-state index contributed by atoms with van der Waals surface area (Å²) in [7, 11) is -3.30. The Kier molecular flexibility index (Phi) is 4.59. The molecule has 2 fully saturated rings. The second-order valence-electron chi connectivity index (χ2n) is 5.75. The van der Waals surface area contributed by atoms with Gasteiger partial charge in [-0.25, -0.2) is 0 Å². The zero-order valence-corrected chi connectivity index (χ0v) is 13.1. The SMILES string of the molecule is O=S(=O)(N1CCNCC1)N1CCCC1Cc1ccccc1. The molecule has 21 heavy (non-hydrogen) atoms. The number of nitrogens with zero attached hydrogens (tertiary/aromatic N) is 2. The lowest BCUT2D eigenvalue weighted by molar-refractivity contribution is 0.302. The van der Waals surface area contributed by atoms with Crippen molar-refractivity contribution in [3.63, 3.8) is 0 Å². The monoisotopic (exact) mass is 309 g/mol. The first-order valence-electron chi connectivity index (χ1n) is 7.69. The average Bonchev–Trinajstić information content (AvgIpc) is 2.98. The second kappa shape index (κ2) is 6.44. The first-order chi connectivity index (χ1) is 10.2. The minimum Gasteiger partial charge on any atom is -0.314 e. The number of benzene rings is 1. The van der Waals surface area contributed by atoms with Crippen LogP contribution >= 0.6 is 0 Å².